The van der Waals surface area contributed by atoms with Gasteiger partial charge in [-0.1, -0.05) is 34.5 Å². The van der Waals surface area contributed by atoms with Crippen molar-refractivity contribution in [2.45, 2.75) is 26.3 Å². The second-order valence-electron chi connectivity index (χ2n) is 3.85. The molecule has 0 aliphatic heterocycles. The molecule has 0 heterocycles. The van der Waals surface area contributed by atoms with Gasteiger partial charge < -0.3 is 10.6 Å². The zero-order chi connectivity index (χ0) is 12.8. The highest BCUT2D eigenvalue weighted by Crippen LogP contribution is 2.25. The Hall–Kier alpha value is -0.740. The van der Waals surface area contributed by atoms with E-state index in [1.807, 2.05) is 26.0 Å². The highest BCUT2D eigenvalue weighted by atomic mass is 79.9. The summed E-state index contributed by atoms with van der Waals surface area (Å²) in [4.78, 5) is 11.6. The Kier molecular flexibility index (Phi) is 5.78. The Bertz CT molecular complexity index is 398. The lowest BCUT2D eigenvalue weighted by molar-refractivity contribution is -0.120. The van der Waals surface area contributed by atoms with Crippen molar-refractivity contribution >= 4 is 39.1 Å². The highest BCUT2D eigenvalue weighted by Gasteiger charge is 2.06. The minimum absolute atomic E-state index is 0.0320. The minimum Gasteiger partial charge on any atom is -0.375 e. The van der Waals surface area contributed by atoms with Crippen LogP contribution < -0.4 is 10.6 Å². The van der Waals surface area contributed by atoms with Crippen molar-refractivity contribution in [1.82, 2.24) is 5.32 Å². The van der Waals surface area contributed by atoms with Gasteiger partial charge >= 0.3 is 0 Å². The molecule has 1 aromatic rings. The van der Waals surface area contributed by atoms with Crippen LogP contribution >= 0.6 is 27.5 Å². The molecule has 0 aliphatic carbocycles. The first-order valence-electron chi connectivity index (χ1n) is 5.51. The van der Waals surface area contributed by atoms with Gasteiger partial charge in [-0.15, -0.1) is 0 Å². The fourth-order valence-electron chi connectivity index (χ4n) is 1.24. The molecule has 5 heteroatoms. The maximum Gasteiger partial charge on any atom is 0.239 e. The first-order chi connectivity index (χ1) is 8.02. The van der Waals surface area contributed by atoms with Gasteiger partial charge in [0.05, 0.1) is 17.3 Å². The zero-order valence-electron chi connectivity index (χ0n) is 9.89. The van der Waals surface area contributed by atoms with E-state index in [0.29, 0.717) is 5.02 Å². The van der Waals surface area contributed by atoms with E-state index in [1.54, 1.807) is 6.07 Å². The summed E-state index contributed by atoms with van der Waals surface area (Å²) in [6.07, 6.45) is 0.920. The fraction of sp³-hybridized carbons (Fsp3) is 0.417. The van der Waals surface area contributed by atoms with Crippen LogP contribution in [0.4, 0.5) is 5.69 Å². The van der Waals surface area contributed by atoms with Crippen LogP contribution in [-0.4, -0.2) is 18.5 Å². The van der Waals surface area contributed by atoms with Crippen LogP contribution in [-0.2, 0) is 4.79 Å². The van der Waals surface area contributed by atoms with Crippen LogP contribution in [0, 0.1) is 0 Å². The summed E-state index contributed by atoms with van der Waals surface area (Å²) in [5.41, 5.74) is 0.750. The van der Waals surface area contributed by atoms with Gasteiger partial charge in [0.25, 0.3) is 0 Å². The van der Waals surface area contributed by atoms with E-state index in [-0.39, 0.29) is 18.5 Å². The van der Waals surface area contributed by atoms with E-state index >= 15 is 0 Å². The molecule has 1 rings (SSSR count). The summed E-state index contributed by atoms with van der Waals surface area (Å²) < 4.78 is 0.923. The van der Waals surface area contributed by atoms with Gasteiger partial charge in [-0.3, -0.25) is 4.79 Å². The molecule has 2 N–H and O–H groups in total. The molecule has 0 radical (unpaired) electrons. The van der Waals surface area contributed by atoms with Crippen molar-refractivity contribution in [3.63, 3.8) is 0 Å². The Morgan fingerprint density at radius 3 is 2.88 bits per heavy atom. The lowest BCUT2D eigenvalue weighted by Gasteiger charge is -2.13. The molecule has 17 heavy (non-hydrogen) atoms. The first kappa shape index (κ1) is 14.3. The van der Waals surface area contributed by atoms with Gasteiger partial charge in [0, 0.05) is 10.5 Å². The van der Waals surface area contributed by atoms with Gasteiger partial charge in [0.1, 0.15) is 0 Å². The summed E-state index contributed by atoms with van der Waals surface area (Å²) in [6, 6.07) is 5.67. The Morgan fingerprint density at radius 1 is 1.53 bits per heavy atom. The normalized spacial score (nSPS) is 12.0. The fourth-order valence-corrected chi connectivity index (χ4v) is 1.78. The van der Waals surface area contributed by atoms with E-state index in [2.05, 4.69) is 26.6 Å². The Balaban J connectivity index is 2.50. The molecular weight excluding hydrogens is 304 g/mol. The quantitative estimate of drug-likeness (QED) is 0.873. The Labute approximate surface area is 115 Å². The summed E-state index contributed by atoms with van der Waals surface area (Å²) in [5, 5.41) is 6.49. The molecule has 0 saturated carbocycles. The van der Waals surface area contributed by atoms with Crippen LogP contribution in [0.25, 0.3) is 0 Å². The number of rotatable bonds is 5. The third-order valence-electron chi connectivity index (χ3n) is 2.39. The molecule has 0 bridgehead atoms. The average Bonchev–Trinajstić information content (AvgIpc) is 2.30. The second kappa shape index (κ2) is 6.87. The van der Waals surface area contributed by atoms with Gasteiger partial charge in [0.2, 0.25) is 5.91 Å². The van der Waals surface area contributed by atoms with Crippen molar-refractivity contribution in [2.75, 3.05) is 11.9 Å². The lowest BCUT2D eigenvalue weighted by atomic mass is 10.2. The number of carbonyl (C=O) groups is 1. The van der Waals surface area contributed by atoms with E-state index in [1.165, 1.54) is 0 Å². The SMILES string of the molecule is CCC(C)NC(=O)CNc1cc(Br)ccc1Cl. The molecule has 1 atom stereocenters. The number of hydrogen-bond donors (Lipinski definition) is 2. The van der Waals surface area contributed by atoms with Crippen LogP contribution in [0.5, 0.6) is 0 Å². The van der Waals surface area contributed by atoms with Crippen molar-refractivity contribution < 1.29 is 4.79 Å². The van der Waals surface area contributed by atoms with Crippen molar-refractivity contribution in [1.29, 1.82) is 0 Å². The van der Waals surface area contributed by atoms with Gasteiger partial charge in [0.15, 0.2) is 0 Å². The predicted molar refractivity (Wildman–Crippen MR) is 75.5 cm³/mol. The van der Waals surface area contributed by atoms with Crippen LogP contribution in [0.15, 0.2) is 22.7 Å². The van der Waals surface area contributed by atoms with Crippen LogP contribution in [0.3, 0.4) is 0 Å². The summed E-state index contributed by atoms with van der Waals surface area (Å²) in [5.74, 6) is -0.0320. The van der Waals surface area contributed by atoms with Gasteiger partial charge in [-0.2, -0.15) is 0 Å². The van der Waals surface area contributed by atoms with Crippen molar-refractivity contribution in [3.05, 3.63) is 27.7 Å². The number of benzene rings is 1. The third kappa shape index (κ3) is 4.96. The monoisotopic (exact) mass is 318 g/mol. The topological polar surface area (TPSA) is 41.1 Å². The van der Waals surface area contributed by atoms with E-state index in [9.17, 15) is 4.79 Å². The second-order valence-corrected chi connectivity index (χ2v) is 5.18. The third-order valence-corrected chi connectivity index (χ3v) is 3.21. The molecule has 94 valence electrons. The first-order valence-corrected chi connectivity index (χ1v) is 6.68. The highest BCUT2D eigenvalue weighted by molar-refractivity contribution is 9.10. The Morgan fingerprint density at radius 2 is 2.24 bits per heavy atom. The van der Waals surface area contributed by atoms with Gasteiger partial charge in [-0.05, 0) is 31.5 Å². The van der Waals surface area contributed by atoms with E-state index in [0.717, 1.165) is 16.6 Å². The maximum atomic E-state index is 11.6. The standard InChI is InChI=1S/C12H16BrClN2O/c1-3-8(2)16-12(17)7-15-11-6-9(13)4-5-10(11)14/h4-6,8,15H,3,7H2,1-2H3,(H,16,17). The minimum atomic E-state index is -0.0320. The molecule has 3 nitrogen and oxygen atoms in total. The summed E-state index contributed by atoms with van der Waals surface area (Å²) in [7, 11) is 0. The number of hydrogen-bond acceptors (Lipinski definition) is 2. The molecule has 1 amide bonds. The molecule has 0 aromatic heterocycles. The smallest absolute Gasteiger partial charge is 0.239 e. The lowest BCUT2D eigenvalue weighted by Crippen LogP contribution is -2.36. The average molecular weight is 320 g/mol. The predicted octanol–water partition coefficient (Wildman–Crippen LogP) is 3.43. The zero-order valence-corrected chi connectivity index (χ0v) is 12.2. The molecule has 1 unspecified atom stereocenters. The van der Waals surface area contributed by atoms with Crippen molar-refractivity contribution in [3.8, 4) is 0 Å². The molecule has 0 spiro atoms. The maximum absolute atomic E-state index is 11.6. The number of halogens is 2. The molecule has 0 aliphatic rings. The van der Waals surface area contributed by atoms with E-state index < -0.39 is 0 Å². The van der Waals surface area contributed by atoms with Crippen LogP contribution in [0.2, 0.25) is 5.02 Å². The number of amides is 1. The van der Waals surface area contributed by atoms with Crippen molar-refractivity contribution in [2.24, 2.45) is 0 Å². The van der Waals surface area contributed by atoms with E-state index in [4.69, 9.17) is 11.6 Å². The molecular formula is C12H16BrClN2O. The number of nitrogens with one attached hydrogen (secondary N) is 2. The molecule has 0 fully saturated rings. The number of carbonyl (C=O) groups excluding carboxylic acids is 1. The van der Waals surface area contributed by atoms with Crippen LogP contribution in [0.1, 0.15) is 20.3 Å². The summed E-state index contributed by atoms with van der Waals surface area (Å²) in [6.45, 7) is 4.23. The van der Waals surface area contributed by atoms with Gasteiger partial charge in [-0.25, -0.2) is 0 Å². The molecule has 0 saturated heterocycles. The summed E-state index contributed by atoms with van der Waals surface area (Å²) >= 11 is 9.35. The molecule has 1 aromatic carbocycles. The largest absolute Gasteiger partial charge is 0.375 e. The number of anilines is 1.